The summed E-state index contributed by atoms with van der Waals surface area (Å²) in [5.41, 5.74) is 3.22. The van der Waals surface area contributed by atoms with Crippen LogP contribution in [0.2, 0.25) is 5.02 Å². The van der Waals surface area contributed by atoms with E-state index in [2.05, 4.69) is 29.3 Å². The van der Waals surface area contributed by atoms with Gasteiger partial charge in [0.05, 0.1) is 18.9 Å². The lowest BCUT2D eigenvalue weighted by Gasteiger charge is -2.16. The summed E-state index contributed by atoms with van der Waals surface area (Å²) in [4.78, 5) is 14.5. The molecule has 2 heterocycles. The number of nitrogens with zero attached hydrogens (tertiary/aromatic N) is 2. The molecule has 0 atom stereocenters. The third-order valence-electron chi connectivity index (χ3n) is 4.11. The molecule has 7 nitrogen and oxygen atoms in total. The maximum Gasteiger partial charge on any atom is 0.275 e. The Hall–Kier alpha value is -2.93. The van der Waals surface area contributed by atoms with Crippen LogP contribution in [0, 0.1) is 0 Å². The summed E-state index contributed by atoms with van der Waals surface area (Å²) >= 11 is 6.07. The number of amides is 1. The number of benzene rings is 1. The van der Waals surface area contributed by atoms with Crippen molar-refractivity contribution in [1.82, 2.24) is 5.43 Å². The number of methoxy groups -OCH3 is 1. The zero-order chi connectivity index (χ0) is 19.4. The van der Waals surface area contributed by atoms with Gasteiger partial charge in [-0.1, -0.05) is 11.6 Å². The molecule has 1 N–H and O–H groups in total. The van der Waals surface area contributed by atoms with E-state index in [4.69, 9.17) is 25.2 Å². The molecule has 142 valence electrons. The summed E-state index contributed by atoms with van der Waals surface area (Å²) in [7, 11) is 1.51. The lowest BCUT2D eigenvalue weighted by molar-refractivity contribution is 0.0956. The normalized spacial score (nSPS) is 11.3. The molecule has 0 unspecified atom stereocenters. The number of hydrogen-bond acceptors (Lipinski definition) is 6. The summed E-state index contributed by atoms with van der Waals surface area (Å²) in [6.07, 6.45) is 2.79. The Bertz CT molecular complexity index is 973. The Morgan fingerprint density at radius 2 is 2.11 bits per heavy atom. The first-order valence-corrected chi connectivity index (χ1v) is 8.88. The first-order chi connectivity index (χ1) is 13.1. The zero-order valence-corrected chi connectivity index (χ0v) is 16.0. The van der Waals surface area contributed by atoms with E-state index < -0.39 is 5.91 Å². The average Bonchev–Trinajstić information content (AvgIpc) is 3.29. The minimum atomic E-state index is -0.426. The monoisotopic (exact) mass is 389 g/mol. The predicted octanol–water partition coefficient (Wildman–Crippen LogP) is 4.30. The number of halogens is 1. The van der Waals surface area contributed by atoms with Crippen molar-refractivity contribution < 1.29 is 18.4 Å². The largest absolute Gasteiger partial charge is 0.493 e. The van der Waals surface area contributed by atoms with Gasteiger partial charge in [-0.05, 0) is 26.0 Å². The third kappa shape index (κ3) is 3.93. The number of anilines is 1. The number of furan rings is 2. The van der Waals surface area contributed by atoms with Crippen LogP contribution in [0.3, 0.4) is 0 Å². The Morgan fingerprint density at radius 3 is 2.81 bits per heavy atom. The van der Waals surface area contributed by atoms with Crippen molar-refractivity contribution in [3.63, 3.8) is 0 Å². The van der Waals surface area contributed by atoms with E-state index >= 15 is 0 Å². The summed E-state index contributed by atoms with van der Waals surface area (Å²) in [5, 5.41) is 4.94. The molecule has 8 heteroatoms. The van der Waals surface area contributed by atoms with Gasteiger partial charge >= 0.3 is 0 Å². The minimum absolute atomic E-state index is 0.311. The molecule has 0 aliphatic heterocycles. The standard InChI is InChI=1S/C19H20ClN3O4/c1-4-23(5-2)17-7-6-13(27-17)10-21-22-19(24)15-11-26-18-14(15)8-12(20)9-16(18)25-3/h6-11H,4-5H2,1-3H3,(H,22,24). The van der Waals surface area contributed by atoms with Crippen LogP contribution in [-0.4, -0.2) is 32.3 Å². The van der Waals surface area contributed by atoms with Gasteiger partial charge in [0, 0.05) is 35.6 Å². The van der Waals surface area contributed by atoms with Crippen molar-refractivity contribution in [2.75, 3.05) is 25.1 Å². The number of ether oxygens (including phenoxy) is 1. The predicted molar refractivity (Wildman–Crippen MR) is 105 cm³/mol. The van der Waals surface area contributed by atoms with Crippen molar-refractivity contribution in [2.45, 2.75) is 13.8 Å². The lowest BCUT2D eigenvalue weighted by Crippen LogP contribution is -2.20. The Morgan fingerprint density at radius 1 is 1.33 bits per heavy atom. The minimum Gasteiger partial charge on any atom is -0.493 e. The number of fused-ring (bicyclic) bond motifs is 1. The van der Waals surface area contributed by atoms with Crippen LogP contribution >= 0.6 is 11.6 Å². The SMILES string of the molecule is CCN(CC)c1ccc(C=NNC(=O)c2coc3c(OC)cc(Cl)cc23)o1. The summed E-state index contributed by atoms with van der Waals surface area (Å²) in [6, 6.07) is 6.93. The van der Waals surface area contributed by atoms with Crippen LogP contribution < -0.4 is 15.1 Å². The number of rotatable bonds is 7. The highest BCUT2D eigenvalue weighted by molar-refractivity contribution is 6.31. The third-order valence-corrected chi connectivity index (χ3v) is 4.33. The zero-order valence-electron chi connectivity index (χ0n) is 15.3. The number of carbonyl (C=O) groups excluding carboxylic acids is 1. The van der Waals surface area contributed by atoms with Gasteiger partial charge in [0.25, 0.3) is 5.91 Å². The Kier molecular flexibility index (Phi) is 5.71. The number of hydrazone groups is 1. The van der Waals surface area contributed by atoms with Crippen molar-refractivity contribution in [3.8, 4) is 5.75 Å². The van der Waals surface area contributed by atoms with Gasteiger partial charge in [0.15, 0.2) is 17.2 Å². The van der Waals surface area contributed by atoms with E-state index in [9.17, 15) is 4.79 Å². The number of hydrogen-bond donors (Lipinski definition) is 1. The van der Waals surface area contributed by atoms with Crippen LogP contribution in [0.5, 0.6) is 5.75 Å². The van der Waals surface area contributed by atoms with Crippen molar-refractivity contribution >= 4 is 40.6 Å². The van der Waals surface area contributed by atoms with Gasteiger partial charge in [-0.25, -0.2) is 5.43 Å². The fraction of sp³-hybridized carbons (Fsp3) is 0.263. The van der Waals surface area contributed by atoms with Crippen molar-refractivity contribution in [1.29, 1.82) is 0 Å². The lowest BCUT2D eigenvalue weighted by atomic mass is 10.1. The molecule has 27 heavy (non-hydrogen) atoms. The fourth-order valence-electron chi connectivity index (χ4n) is 2.73. The van der Waals surface area contributed by atoms with E-state index in [0.717, 1.165) is 19.0 Å². The van der Waals surface area contributed by atoms with Crippen LogP contribution in [0.25, 0.3) is 11.0 Å². The second kappa shape index (κ2) is 8.18. The quantitative estimate of drug-likeness (QED) is 0.481. The van der Waals surface area contributed by atoms with Crippen molar-refractivity contribution in [3.05, 3.63) is 46.9 Å². The molecule has 0 aliphatic rings. The topological polar surface area (TPSA) is 80.2 Å². The Balaban J connectivity index is 1.74. The van der Waals surface area contributed by atoms with Crippen LogP contribution in [0.15, 0.2) is 44.5 Å². The second-order valence-corrected chi connectivity index (χ2v) is 6.12. The number of carbonyl (C=O) groups is 1. The van der Waals surface area contributed by atoms with Crippen LogP contribution in [0.4, 0.5) is 5.88 Å². The number of nitrogens with one attached hydrogen (secondary N) is 1. The van der Waals surface area contributed by atoms with Crippen molar-refractivity contribution in [2.24, 2.45) is 5.10 Å². The molecule has 0 radical (unpaired) electrons. The maximum atomic E-state index is 12.4. The van der Waals surface area contributed by atoms with Crippen LogP contribution in [-0.2, 0) is 0 Å². The average molecular weight is 390 g/mol. The van der Waals surface area contributed by atoms with Gasteiger partial charge in [-0.3, -0.25) is 4.79 Å². The molecule has 3 aromatic rings. The van der Waals surface area contributed by atoms with Gasteiger partial charge in [-0.2, -0.15) is 5.10 Å². The molecular formula is C19H20ClN3O4. The molecule has 1 aromatic carbocycles. The van der Waals surface area contributed by atoms with Gasteiger partial charge in [0.1, 0.15) is 12.0 Å². The molecule has 0 bridgehead atoms. The molecule has 0 saturated carbocycles. The van der Waals surface area contributed by atoms with E-state index in [1.54, 1.807) is 18.2 Å². The van der Waals surface area contributed by atoms with Crippen LogP contribution in [0.1, 0.15) is 30.0 Å². The molecule has 1 amide bonds. The second-order valence-electron chi connectivity index (χ2n) is 5.68. The smallest absolute Gasteiger partial charge is 0.275 e. The summed E-state index contributed by atoms with van der Waals surface area (Å²) in [6.45, 7) is 5.79. The van der Waals surface area contributed by atoms with E-state index in [-0.39, 0.29) is 0 Å². The van der Waals surface area contributed by atoms with Gasteiger partial charge in [0.2, 0.25) is 0 Å². The molecule has 3 rings (SSSR count). The summed E-state index contributed by atoms with van der Waals surface area (Å²) in [5.74, 6) is 1.33. The molecule has 2 aromatic heterocycles. The van der Waals surface area contributed by atoms with E-state index in [1.165, 1.54) is 19.6 Å². The Labute approximate surface area is 161 Å². The maximum absolute atomic E-state index is 12.4. The van der Waals surface area contributed by atoms with Gasteiger partial charge in [-0.15, -0.1) is 0 Å². The molecule has 0 saturated heterocycles. The molecule has 0 fully saturated rings. The first-order valence-electron chi connectivity index (χ1n) is 8.50. The highest BCUT2D eigenvalue weighted by Crippen LogP contribution is 2.33. The molecule has 0 spiro atoms. The van der Waals surface area contributed by atoms with E-state index in [1.807, 2.05) is 6.07 Å². The first kappa shape index (κ1) is 18.8. The highest BCUT2D eigenvalue weighted by Gasteiger charge is 2.17. The summed E-state index contributed by atoms with van der Waals surface area (Å²) < 4.78 is 16.4. The highest BCUT2D eigenvalue weighted by atomic mass is 35.5. The van der Waals surface area contributed by atoms with E-state index in [0.29, 0.717) is 33.1 Å². The fourth-order valence-corrected chi connectivity index (χ4v) is 2.94. The molecular weight excluding hydrogens is 370 g/mol. The van der Waals surface area contributed by atoms with Gasteiger partial charge < -0.3 is 18.5 Å². The molecule has 0 aliphatic carbocycles.